The molecule has 2 nitrogen and oxygen atoms in total. The zero-order chi connectivity index (χ0) is 15.2. The quantitative estimate of drug-likeness (QED) is 0.752. The van der Waals surface area contributed by atoms with E-state index >= 15 is 0 Å². The molecule has 1 amide bonds. The molecular formula is C18H20INO. The lowest BCUT2D eigenvalue weighted by atomic mass is 10.1. The highest BCUT2D eigenvalue weighted by Crippen LogP contribution is 2.14. The summed E-state index contributed by atoms with van der Waals surface area (Å²) in [7, 11) is 0. The van der Waals surface area contributed by atoms with Gasteiger partial charge in [-0.25, -0.2) is 0 Å². The minimum absolute atomic E-state index is 0.0139. The second-order valence-corrected chi connectivity index (χ2v) is 6.54. The summed E-state index contributed by atoms with van der Waals surface area (Å²) in [5, 5.41) is 3.08. The fourth-order valence-electron chi connectivity index (χ4n) is 2.21. The van der Waals surface area contributed by atoms with Crippen LogP contribution >= 0.6 is 22.6 Å². The van der Waals surface area contributed by atoms with Gasteiger partial charge < -0.3 is 5.32 Å². The lowest BCUT2D eigenvalue weighted by molar-refractivity contribution is 0.0937. The van der Waals surface area contributed by atoms with Gasteiger partial charge in [0.05, 0.1) is 5.56 Å². The minimum atomic E-state index is 0.0139. The van der Waals surface area contributed by atoms with Crippen molar-refractivity contribution in [1.29, 1.82) is 0 Å². The van der Waals surface area contributed by atoms with Gasteiger partial charge in [-0.3, -0.25) is 4.79 Å². The SMILES string of the molecule is Cc1ccc(C(=O)NC(C)CCc2ccccc2)c(I)c1. The number of amides is 1. The molecule has 0 bridgehead atoms. The van der Waals surface area contributed by atoms with Gasteiger partial charge in [0.25, 0.3) is 5.91 Å². The summed E-state index contributed by atoms with van der Waals surface area (Å²) in [6.07, 6.45) is 1.92. The molecule has 110 valence electrons. The first-order valence-electron chi connectivity index (χ1n) is 7.17. The predicted octanol–water partition coefficient (Wildman–Crippen LogP) is 4.35. The van der Waals surface area contributed by atoms with E-state index in [1.54, 1.807) is 0 Å². The summed E-state index contributed by atoms with van der Waals surface area (Å²) in [6.45, 7) is 4.09. The fourth-order valence-corrected chi connectivity index (χ4v) is 3.12. The topological polar surface area (TPSA) is 29.1 Å². The van der Waals surface area contributed by atoms with E-state index in [9.17, 15) is 4.79 Å². The predicted molar refractivity (Wildman–Crippen MR) is 95.6 cm³/mol. The molecule has 0 heterocycles. The molecule has 0 saturated carbocycles. The van der Waals surface area contributed by atoms with Crippen LogP contribution in [0.3, 0.4) is 0 Å². The van der Waals surface area contributed by atoms with Gasteiger partial charge in [-0.2, -0.15) is 0 Å². The third-order valence-electron chi connectivity index (χ3n) is 3.46. The third-order valence-corrected chi connectivity index (χ3v) is 4.35. The Morgan fingerprint density at radius 1 is 1.19 bits per heavy atom. The molecule has 0 aliphatic carbocycles. The van der Waals surface area contributed by atoms with Gasteiger partial charge in [-0.1, -0.05) is 42.0 Å². The zero-order valence-corrected chi connectivity index (χ0v) is 14.6. The third kappa shape index (κ3) is 4.84. The first-order chi connectivity index (χ1) is 10.1. The summed E-state index contributed by atoms with van der Waals surface area (Å²) in [5.41, 5.74) is 3.24. The Morgan fingerprint density at radius 2 is 1.90 bits per heavy atom. The highest BCUT2D eigenvalue weighted by atomic mass is 127. The van der Waals surface area contributed by atoms with E-state index in [1.165, 1.54) is 11.1 Å². The van der Waals surface area contributed by atoms with Crippen molar-refractivity contribution in [3.63, 3.8) is 0 Å². The Labute approximate surface area is 140 Å². The number of hydrogen-bond acceptors (Lipinski definition) is 1. The maximum atomic E-state index is 12.3. The number of carbonyl (C=O) groups is 1. The van der Waals surface area contributed by atoms with Crippen LogP contribution < -0.4 is 5.32 Å². The van der Waals surface area contributed by atoms with Gasteiger partial charge in [0, 0.05) is 9.61 Å². The van der Waals surface area contributed by atoms with Crippen LogP contribution in [0.5, 0.6) is 0 Å². The van der Waals surface area contributed by atoms with Gasteiger partial charge >= 0.3 is 0 Å². The monoisotopic (exact) mass is 393 g/mol. The molecule has 0 saturated heterocycles. The first kappa shape index (κ1) is 16.0. The Morgan fingerprint density at radius 3 is 2.57 bits per heavy atom. The summed E-state index contributed by atoms with van der Waals surface area (Å²) in [4.78, 5) is 12.3. The van der Waals surface area contributed by atoms with Crippen LogP contribution in [0.2, 0.25) is 0 Å². The van der Waals surface area contributed by atoms with Gasteiger partial charge in [-0.05, 0) is 67.0 Å². The van der Waals surface area contributed by atoms with Crippen molar-refractivity contribution in [2.45, 2.75) is 32.7 Å². The maximum absolute atomic E-state index is 12.3. The number of carbonyl (C=O) groups excluding carboxylic acids is 1. The van der Waals surface area contributed by atoms with Crippen molar-refractivity contribution >= 4 is 28.5 Å². The van der Waals surface area contributed by atoms with E-state index < -0.39 is 0 Å². The molecule has 0 radical (unpaired) electrons. The molecule has 2 rings (SSSR count). The summed E-state index contributed by atoms with van der Waals surface area (Å²) < 4.78 is 1.00. The molecule has 3 heteroatoms. The van der Waals surface area contributed by atoms with E-state index in [4.69, 9.17) is 0 Å². The largest absolute Gasteiger partial charge is 0.350 e. The molecule has 0 spiro atoms. The van der Waals surface area contributed by atoms with E-state index in [-0.39, 0.29) is 11.9 Å². The molecule has 1 unspecified atom stereocenters. The summed E-state index contributed by atoms with van der Waals surface area (Å²) >= 11 is 2.22. The van der Waals surface area contributed by atoms with Crippen molar-refractivity contribution in [2.24, 2.45) is 0 Å². The van der Waals surface area contributed by atoms with Crippen molar-refractivity contribution < 1.29 is 4.79 Å². The summed E-state index contributed by atoms with van der Waals surface area (Å²) in [5.74, 6) is 0.0139. The molecule has 0 fully saturated rings. The van der Waals surface area contributed by atoms with Crippen LogP contribution in [0.1, 0.15) is 34.8 Å². The van der Waals surface area contributed by atoms with Crippen LogP contribution in [-0.2, 0) is 6.42 Å². The standard InChI is InChI=1S/C18H20INO/c1-13-8-11-16(17(19)12-13)18(21)20-14(2)9-10-15-6-4-3-5-7-15/h3-8,11-12,14H,9-10H2,1-2H3,(H,20,21). The Hall–Kier alpha value is -1.36. The zero-order valence-electron chi connectivity index (χ0n) is 12.4. The van der Waals surface area contributed by atoms with Crippen LogP contribution in [0, 0.1) is 10.5 Å². The number of rotatable bonds is 5. The number of benzene rings is 2. The molecule has 0 aliphatic rings. The molecule has 21 heavy (non-hydrogen) atoms. The lowest BCUT2D eigenvalue weighted by Gasteiger charge is -2.15. The Kier molecular flexibility index (Phi) is 5.79. The average Bonchev–Trinajstić information content (AvgIpc) is 2.46. The molecule has 0 aromatic heterocycles. The second-order valence-electron chi connectivity index (χ2n) is 5.38. The molecule has 2 aromatic rings. The maximum Gasteiger partial charge on any atom is 0.252 e. The number of hydrogen-bond donors (Lipinski definition) is 1. The smallest absolute Gasteiger partial charge is 0.252 e. The number of aryl methyl sites for hydroxylation is 2. The molecule has 1 N–H and O–H groups in total. The first-order valence-corrected chi connectivity index (χ1v) is 8.25. The highest BCUT2D eigenvalue weighted by Gasteiger charge is 2.12. The van der Waals surface area contributed by atoms with Gasteiger partial charge in [0.15, 0.2) is 0 Å². The van der Waals surface area contributed by atoms with Crippen LogP contribution in [0.4, 0.5) is 0 Å². The molecule has 0 aliphatic heterocycles. The molecule has 1 atom stereocenters. The van der Waals surface area contributed by atoms with E-state index in [1.807, 2.05) is 43.3 Å². The average molecular weight is 393 g/mol. The van der Waals surface area contributed by atoms with Gasteiger partial charge in [-0.15, -0.1) is 0 Å². The normalized spacial score (nSPS) is 12.0. The fraction of sp³-hybridized carbons (Fsp3) is 0.278. The summed E-state index contributed by atoms with van der Waals surface area (Å²) in [6, 6.07) is 16.4. The van der Waals surface area contributed by atoms with Crippen LogP contribution in [0.15, 0.2) is 48.5 Å². The second kappa shape index (κ2) is 7.59. The number of nitrogens with one attached hydrogen (secondary N) is 1. The van der Waals surface area contributed by atoms with Gasteiger partial charge in [0.1, 0.15) is 0 Å². The van der Waals surface area contributed by atoms with Crippen molar-refractivity contribution in [2.75, 3.05) is 0 Å². The molecule has 2 aromatic carbocycles. The van der Waals surface area contributed by atoms with Crippen molar-refractivity contribution in [3.05, 3.63) is 68.8 Å². The molecular weight excluding hydrogens is 373 g/mol. The van der Waals surface area contributed by atoms with Crippen LogP contribution in [0.25, 0.3) is 0 Å². The van der Waals surface area contributed by atoms with Gasteiger partial charge in [0.2, 0.25) is 0 Å². The van der Waals surface area contributed by atoms with E-state index in [0.717, 1.165) is 22.0 Å². The lowest BCUT2D eigenvalue weighted by Crippen LogP contribution is -2.33. The van der Waals surface area contributed by atoms with Crippen LogP contribution in [-0.4, -0.2) is 11.9 Å². The van der Waals surface area contributed by atoms with E-state index in [2.05, 4.69) is 47.0 Å². The Balaban J connectivity index is 1.90. The van der Waals surface area contributed by atoms with Crippen molar-refractivity contribution in [3.8, 4) is 0 Å². The van der Waals surface area contributed by atoms with Crippen molar-refractivity contribution in [1.82, 2.24) is 5.32 Å². The van der Waals surface area contributed by atoms with E-state index in [0.29, 0.717) is 0 Å². The minimum Gasteiger partial charge on any atom is -0.350 e. The highest BCUT2D eigenvalue weighted by molar-refractivity contribution is 14.1. The Bertz CT molecular complexity index is 610. The number of halogens is 1.